The van der Waals surface area contributed by atoms with Crippen molar-refractivity contribution in [2.75, 3.05) is 0 Å². The molecule has 2 atom stereocenters. The lowest BCUT2D eigenvalue weighted by atomic mass is 9.96. The van der Waals surface area contributed by atoms with E-state index in [0.29, 0.717) is 5.92 Å². The van der Waals surface area contributed by atoms with E-state index in [1.807, 2.05) is 0 Å². The standard InChI is InChI=1S/C12H20OS/c1-4-6-9(3)11(13)12-10(5-2)7-8-14-12/h7-9,11,13H,4-6H2,1-3H3. The van der Waals surface area contributed by atoms with Gasteiger partial charge in [-0.05, 0) is 35.8 Å². The predicted octanol–water partition coefficient (Wildman–Crippen LogP) is 3.78. The van der Waals surface area contributed by atoms with Gasteiger partial charge in [-0.3, -0.25) is 0 Å². The normalized spacial score (nSPS) is 15.4. The highest BCUT2D eigenvalue weighted by Crippen LogP contribution is 2.31. The first-order valence-corrected chi connectivity index (χ1v) is 6.33. The van der Waals surface area contributed by atoms with Crippen LogP contribution < -0.4 is 0 Å². The van der Waals surface area contributed by atoms with Crippen LogP contribution in [0.5, 0.6) is 0 Å². The van der Waals surface area contributed by atoms with E-state index < -0.39 is 0 Å². The third-order valence-electron chi connectivity index (χ3n) is 2.71. The van der Waals surface area contributed by atoms with Gasteiger partial charge in [-0.25, -0.2) is 0 Å². The highest BCUT2D eigenvalue weighted by Gasteiger charge is 2.19. The summed E-state index contributed by atoms with van der Waals surface area (Å²) in [6, 6.07) is 2.13. The maximum Gasteiger partial charge on any atom is 0.0910 e. The number of aryl methyl sites for hydroxylation is 1. The largest absolute Gasteiger partial charge is 0.387 e. The third-order valence-corrected chi connectivity index (χ3v) is 3.74. The number of rotatable bonds is 5. The van der Waals surface area contributed by atoms with Gasteiger partial charge >= 0.3 is 0 Å². The van der Waals surface area contributed by atoms with E-state index in [4.69, 9.17) is 0 Å². The summed E-state index contributed by atoms with van der Waals surface area (Å²) in [6.07, 6.45) is 3.01. The van der Waals surface area contributed by atoms with E-state index in [2.05, 4.69) is 32.2 Å². The molecule has 2 unspecified atom stereocenters. The summed E-state index contributed by atoms with van der Waals surface area (Å²) in [6.45, 7) is 6.44. The number of aliphatic hydroxyl groups excluding tert-OH is 1. The molecule has 0 spiro atoms. The summed E-state index contributed by atoms with van der Waals surface area (Å²) in [4.78, 5) is 1.17. The van der Waals surface area contributed by atoms with Gasteiger partial charge < -0.3 is 5.11 Å². The van der Waals surface area contributed by atoms with Gasteiger partial charge in [0.25, 0.3) is 0 Å². The maximum atomic E-state index is 10.1. The molecule has 0 aromatic carbocycles. The minimum Gasteiger partial charge on any atom is -0.387 e. The zero-order valence-electron chi connectivity index (χ0n) is 9.29. The molecule has 0 bridgehead atoms. The Labute approximate surface area is 90.8 Å². The zero-order chi connectivity index (χ0) is 10.6. The molecule has 1 nitrogen and oxygen atoms in total. The quantitative estimate of drug-likeness (QED) is 0.787. The summed E-state index contributed by atoms with van der Waals surface area (Å²) >= 11 is 1.69. The Morgan fingerprint density at radius 2 is 2.14 bits per heavy atom. The third kappa shape index (κ3) is 2.58. The van der Waals surface area contributed by atoms with Crippen LogP contribution in [0.3, 0.4) is 0 Å². The van der Waals surface area contributed by atoms with Crippen molar-refractivity contribution in [3.63, 3.8) is 0 Å². The lowest BCUT2D eigenvalue weighted by molar-refractivity contribution is 0.115. The molecule has 0 fully saturated rings. The predicted molar refractivity (Wildman–Crippen MR) is 62.7 cm³/mol. The Balaban J connectivity index is 2.72. The molecule has 1 aromatic rings. The van der Waals surface area contributed by atoms with Crippen molar-refractivity contribution in [3.05, 3.63) is 21.9 Å². The maximum absolute atomic E-state index is 10.1. The summed E-state index contributed by atoms with van der Waals surface area (Å²) in [5.74, 6) is 0.379. The summed E-state index contributed by atoms with van der Waals surface area (Å²) in [5.41, 5.74) is 1.31. The van der Waals surface area contributed by atoms with E-state index in [1.165, 1.54) is 10.4 Å². The van der Waals surface area contributed by atoms with Crippen molar-refractivity contribution in [2.24, 2.45) is 5.92 Å². The Morgan fingerprint density at radius 1 is 1.43 bits per heavy atom. The molecular weight excluding hydrogens is 192 g/mol. The van der Waals surface area contributed by atoms with Crippen molar-refractivity contribution in [2.45, 2.75) is 46.1 Å². The van der Waals surface area contributed by atoms with Crippen LogP contribution in [-0.4, -0.2) is 5.11 Å². The molecule has 0 saturated carbocycles. The van der Waals surface area contributed by atoms with Crippen LogP contribution in [0.4, 0.5) is 0 Å². The molecule has 1 rings (SSSR count). The SMILES string of the molecule is CCCC(C)C(O)c1sccc1CC. The molecule has 0 aliphatic heterocycles. The van der Waals surface area contributed by atoms with Crippen LogP contribution in [0.25, 0.3) is 0 Å². The van der Waals surface area contributed by atoms with Crippen LogP contribution in [0.2, 0.25) is 0 Å². The van der Waals surface area contributed by atoms with E-state index >= 15 is 0 Å². The molecule has 0 amide bonds. The van der Waals surface area contributed by atoms with Crippen molar-refractivity contribution >= 4 is 11.3 Å². The highest BCUT2D eigenvalue weighted by atomic mass is 32.1. The van der Waals surface area contributed by atoms with E-state index in [1.54, 1.807) is 11.3 Å². The number of hydrogen-bond donors (Lipinski definition) is 1. The van der Waals surface area contributed by atoms with Gasteiger partial charge in [0, 0.05) is 4.88 Å². The van der Waals surface area contributed by atoms with E-state index in [9.17, 15) is 5.11 Å². The van der Waals surface area contributed by atoms with E-state index in [0.717, 1.165) is 19.3 Å². The second-order valence-electron chi connectivity index (χ2n) is 3.87. The van der Waals surface area contributed by atoms with Gasteiger partial charge in [0.1, 0.15) is 0 Å². The molecule has 1 heterocycles. The molecule has 0 saturated heterocycles. The number of hydrogen-bond acceptors (Lipinski definition) is 2. The molecule has 14 heavy (non-hydrogen) atoms. The van der Waals surface area contributed by atoms with Gasteiger partial charge in [-0.15, -0.1) is 11.3 Å². The van der Waals surface area contributed by atoms with E-state index in [-0.39, 0.29) is 6.10 Å². The Morgan fingerprint density at radius 3 is 2.71 bits per heavy atom. The molecule has 1 N–H and O–H groups in total. The molecular formula is C12H20OS. The monoisotopic (exact) mass is 212 g/mol. The number of thiophene rings is 1. The van der Waals surface area contributed by atoms with Crippen LogP contribution in [-0.2, 0) is 6.42 Å². The lowest BCUT2D eigenvalue weighted by Gasteiger charge is -2.18. The van der Waals surface area contributed by atoms with Crippen LogP contribution in [0, 0.1) is 5.92 Å². The van der Waals surface area contributed by atoms with Crippen LogP contribution in [0.1, 0.15) is 50.2 Å². The first-order valence-electron chi connectivity index (χ1n) is 5.45. The molecule has 0 aliphatic rings. The second-order valence-corrected chi connectivity index (χ2v) is 4.82. The Hall–Kier alpha value is -0.340. The first-order chi connectivity index (χ1) is 6.70. The molecule has 80 valence electrons. The fourth-order valence-electron chi connectivity index (χ4n) is 1.77. The van der Waals surface area contributed by atoms with Gasteiger partial charge in [-0.2, -0.15) is 0 Å². The van der Waals surface area contributed by atoms with Crippen LogP contribution >= 0.6 is 11.3 Å². The van der Waals surface area contributed by atoms with Crippen molar-refractivity contribution in [1.29, 1.82) is 0 Å². The molecule has 0 aliphatic carbocycles. The highest BCUT2D eigenvalue weighted by molar-refractivity contribution is 7.10. The van der Waals surface area contributed by atoms with Gasteiger partial charge in [0.15, 0.2) is 0 Å². The van der Waals surface area contributed by atoms with Gasteiger partial charge in [-0.1, -0.05) is 27.2 Å². The second kappa shape index (κ2) is 5.52. The van der Waals surface area contributed by atoms with Crippen molar-refractivity contribution in [1.82, 2.24) is 0 Å². The molecule has 0 radical (unpaired) electrons. The fourth-order valence-corrected chi connectivity index (χ4v) is 2.89. The average Bonchev–Trinajstić information content (AvgIpc) is 2.64. The first kappa shape index (κ1) is 11.7. The lowest BCUT2D eigenvalue weighted by Crippen LogP contribution is -2.08. The van der Waals surface area contributed by atoms with Crippen LogP contribution in [0.15, 0.2) is 11.4 Å². The smallest absolute Gasteiger partial charge is 0.0910 e. The summed E-state index contributed by atoms with van der Waals surface area (Å²) in [7, 11) is 0. The van der Waals surface area contributed by atoms with Gasteiger partial charge in [0.2, 0.25) is 0 Å². The zero-order valence-corrected chi connectivity index (χ0v) is 10.1. The van der Waals surface area contributed by atoms with Gasteiger partial charge in [0.05, 0.1) is 6.10 Å². The summed E-state index contributed by atoms with van der Waals surface area (Å²) < 4.78 is 0. The van der Waals surface area contributed by atoms with Crippen molar-refractivity contribution in [3.8, 4) is 0 Å². The number of aliphatic hydroxyl groups is 1. The average molecular weight is 212 g/mol. The molecule has 2 heteroatoms. The summed E-state index contributed by atoms with van der Waals surface area (Å²) in [5, 5.41) is 12.2. The minimum atomic E-state index is -0.259. The van der Waals surface area contributed by atoms with Crippen molar-refractivity contribution < 1.29 is 5.11 Å². The topological polar surface area (TPSA) is 20.2 Å². The Kier molecular flexibility index (Phi) is 4.63. The molecule has 1 aromatic heterocycles. The fraction of sp³-hybridized carbons (Fsp3) is 0.667. The Bertz CT molecular complexity index is 267. The minimum absolute atomic E-state index is 0.259.